The number of benzene rings is 2. The van der Waals surface area contributed by atoms with E-state index >= 15 is 0 Å². The smallest absolute Gasteiger partial charge is 0.335 e. The maximum Gasteiger partial charge on any atom is 0.335 e. The van der Waals surface area contributed by atoms with Crippen molar-refractivity contribution in [1.29, 1.82) is 0 Å². The summed E-state index contributed by atoms with van der Waals surface area (Å²) in [5.41, 5.74) is 7.12. The van der Waals surface area contributed by atoms with E-state index in [1.807, 2.05) is 0 Å². The number of carboxylic acids is 1. The molecule has 3 aromatic rings. The van der Waals surface area contributed by atoms with Crippen molar-refractivity contribution in [2.24, 2.45) is 5.73 Å². The highest BCUT2D eigenvalue weighted by atomic mass is 19.1. The molecule has 1 amide bonds. The highest BCUT2D eigenvalue weighted by Crippen LogP contribution is 2.25. The van der Waals surface area contributed by atoms with Gasteiger partial charge in [0.1, 0.15) is 11.4 Å². The van der Waals surface area contributed by atoms with Crippen LogP contribution < -0.4 is 21.9 Å². The summed E-state index contributed by atoms with van der Waals surface area (Å²) in [6.07, 6.45) is 1.86. The number of pyridine rings is 1. The minimum Gasteiger partial charge on any atom is -0.478 e. The standard InChI is InChI=1S/C24H26FN5O4/c1-27-20-10-16(25)8-14-9-18(23(32)29-21(14)20)22(31)28-19-5-4-13(24(33)34)7-15(19)11-30-6-2-3-17(26)12-30/h4-5,7-10,17,27H,2-3,6,11-12,26H2,1H3,(H,28,31)(H,29,32)(H,33,34). The van der Waals surface area contributed by atoms with Gasteiger partial charge in [-0.15, -0.1) is 0 Å². The number of likely N-dealkylation sites (tertiary alicyclic amines) is 1. The molecule has 9 nitrogen and oxygen atoms in total. The largest absolute Gasteiger partial charge is 0.478 e. The van der Waals surface area contributed by atoms with Crippen molar-refractivity contribution >= 4 is 34.2 Å². The number of hydrogen-bond donors (Lipinski definition) is 5. The molecule has 0 spiro atoms. The first-order valence-electron chi connectivity index (χ1n) is 10.9. The van der Waals surface area contributed by atoms with Crippen molar-refractivity contribution in [3.05, 3.63) is 69.3 Å². The second-order valence-electron chi connectivity index (χ2n) is 8.45. The van der Waals surface area contributed by atoms with Crippen LogP contribution in [0.15, 0.2) is 41.2 Å². The van der Waals surface area contributed by atoms with Crippen LogP contribution in [-0.4, -0.2) is 53.0 Å². The van der Waals surface area contributed by atoms with Gasteiger partial charge in [-0.25, -0.2) is 9.18 Å². The lowest BCUT2D eigenvalue weighted by Crippen LogP contribution is -2.42. The number of nitrogens with two attached hydrogens (primary N) is 1. The van der Waals surface area contributed by atoms with Crippen LogP contribution in [-0.2, 0) is 6.54 Å². The van der Waals surface area contributed by atoms with Crippen molar-refractivity contribution in [2.75, 3.05) is 30.8 Å². The highest BCUT2D eigenvalue weighted by Gasteiger charge is 2.21. The van der Waals surface area contributed by atoms with Gasteiger partial charge >= 0.3 is 5.97 Å². The van der Waals surface area contributed by atoms with E-state index in [0.29, 0.717) is 40.9 Å². The number of amides is 1. The van der Waals surface area contributed by atoms with Crippen molar-refractivity contribution in [3.8, 4) is 0 Å². The third-order valence-electron chi connectivity index (χ3n) is 5.97. The van der Waals surface area contributed by atoms with E-state index in [2.05, 4.69) is 20.5 Å². The second kappa shape index (κ2) is 9.62. The van der Waals surface area contributed by atoms with Gasteiger partial charge in [0.15, 0.2) is 0 Å². The van der Waals surface area contributed by atoms with E-state index in [1.165, 1.54) is 36.4 Å². The van der Waals surface area contributed by atoms with Crippen LogP contribution in [0.3, 0.4) is 0 Å². The molecule has 2 heterocycles. The normalized spacial score (nSPS) is 16.4. The Balaban J connectivity index is 1.67. The molecule has 0 radical (unpaired) electrons. The average molecular weight is 468 g/mol. The van der Waals surface area contributed by atoms with E-state index in [1.54, 1.807) is 7.05 Å². The lowest BCUT2D eigenvalue weighted by atomic mass is 10.0. The number of aromatic carboxylic acids is 1. The highest BCUT2D eigenvalue weighted by molar-refractivity contribution is 6.07. The average Bonchev–Trinajstić information content (AvgIpc) is 2.79. The molecule has 10 heteroatoms. The van der Waals surface area contributed by atoms with Crippen molar-refractivity contribution < 1.29 is 19.1 Å². The first-order valence-corrected chi connectivity index (χ1v) is 10.9. The first kappa shape index (κ1) is 23.4. The number of carbonyl (C=O) groups is 2. The van der Waals surface area contributed by atoms with Crippen LogP contribution in [0.1, 0.15) is 39.1 Å². The number of anilines is 2. The van der Waals surface area contributed by atoms with Gasteiger partial charge in [0.2, 0.25) is 0 Å². The monoisotopic (exact) mass is 467 g/mol. The SMILES string of the molecule is CNc1cc(F)cc2cc(C(=O)Nc3ccc(C(=O)O)cc3CN3CCCC(N)C3)c(=O)[nH]c12. The third-order valence-corrected chi connectivity index (χ3v) is 5.97. The van der Waals surface area contributed by atoms with Crippen LogP contribution in [0.25, 0.3) is 10.9 Å². The van der Waals surface area contributed by atoms with Crippen LogP contribution in [0.5, 0.6) is 0 Å². The molecule has 0 aliphatic carbocycles. The molecule has 2 aromatic carbocycles. The number of carbonyl (C=O) groups excluding carboxylic acids is 1. The van der Waals surface area contributed by atoms with Crippen molar-refractivity contribution in [1.82, 2.24) is 9.88 Å². The number of carboxylic acid groups (broad SMARTS) is 1. The van der Waals surface area contributed by atoms with E-state index in [9.17, 15) is 23.9 Å². The predicted molar refractivity (Wildman–Crippen MR) is 128 cm³/mol. The summed E-state index contributed by atoms with van der Waals surface area (Å²) < 4.78 is 14.0. The molecule has 1 aromatic heterocycles. The molecule has 1 aliphatic heterocycles. The van der Waals surface area contributed by atoms with Crippen LogP contribution in [0.4, 0.5) is 15.8 Å². The zero-order valence-electron chi connectivity index (χ0n) is 18.7. The summed E-state index contributed by atoms with van der Waals surface area (Å²) in [4.78, 5) is 41.9. The number of nitrogens with zero attached hydrogens (tertiary/aromatic N) is 1. The van der Waals surface area contributed by atoms with Crippen LogP contribution in [0.2, 0.25) is 0 Å². The molecule has 178 valence electrons. The zero-order chi connectivity index (χ0) is 24.4. The minimum absolute atomic E-state index is 0.0357. The van der Waals surface area contributed by atoms with Crippen molar-refractivity contribution in [3.63, 3.8) is 0 Å². The first-order chi connectivity index (χ1) is 16.2. The Morgan fingerprint density at radius 3 is 2.74 bits per heavy atom. The van der Waals surface area contributed by atoms with Crippen LogP contribution >= 0.6 is 0 Å². The Labute approximate surface area is 194 Å². The Hall–Kier alpha value is -3.76. The van der Waals surface area contributed by atoms with Crippen LogP contribution in [0, 0.1) is 5.82 Å². The molecular weight excluding hydrogens is 441 g/mol. The molecule has 1 atom stereocenters. The van der Waals surface area contributed by atoms with E-state index in [-0.39, 0.29) is 17.2 Å². The van der Waals surface area contributed by atoms with Gasteiger partial charge in [-0.1, -0.05) is 0 Å². The Bertz CT molecular complexity index is 1320. The molecule has 0 saturated carbocycles. The summed E-state index contributed by atoms with van der Waals surface area (Å²) in [5.74, 6) is -2.28. The minimum atomic E-state index is -1.08. The molecule has 1 aliphatic rings. The fourth-order valence-electron chi connectivity index (χ4n) is 4.29. The zero-order valence-corrected chi connectivity index (χ0v) is 18.7. The molecule has 4 rings (SSSR count). The fraction of sp³-hybridized carbons (Fsp3) is 0.292. The fourth-order valence-corrected chi connectivity index (χ4v) is 4.29. The number of nitrogens with one attached hydrogen (secondary N) is 3. The Morgan fingerprint density at radius 1 is 1.24 bits per heavy atom. The molecule has 1 unspecified atom stereocenters. The lowest BCUT2D eigenvalue weighted by Gasteiger charge is -2.31. The predicted octanol–water partition coefficient (Wildman–Crippen LogP) is 2.58. The Kier molecular flexibility index (Phi) is 6.62. The maximum atomic E-state index is 14.0. The number of fused-ring (bicyclic) bond motifs is 1. The molecule has 1 saturated heterocycles. The summed E-state index contributed by atoms with van der Waals surface area (Å²) in [6, 6.07) is 8.26. The summed E-state index contributed by atoms with van der Waals surface area (Å²) in [7, 11) is 1.60. The number of piperidine rings is 1. The number of aromatic nitrogens is 1. The number of aromatic amines is 1. The molecule has 6 N–H and O–H groups in total. The number of hydrogen-bond acceptors (Lipinski definition) is 6. The molecule has 0 bridgehead atoms. The third kappa shape index (κ3) is 4.92. The maximum absolute atomic E-state index is 14.0. The summed E-state index contributed by atoms with van der Waals surface area (Å²) in [6.45, 7) is 1.87. The van der Waals surface area contributed by atoms with Gasteiger partial charge in [0, 0.05) is 37.3 Å². The Morgan fingerprint density at radius 2 is 2.03 bits per heavy atom. The van der Waals surface area contributed by atoms with Gasteiger partial charge in [-0.05, 0) is 61.3 Å². The molecule has 1 fully saturated rings. The van der Waals surface area contributed by atoms with E-state index < -0.39 is 23.3 Å². The summed E-state index contributed by atoms with van der Waals surface area (Å²) in [5, 5.41) is 15.3. The number of rotatable bonds is 6. The number of H-pyrrole nitrogens is 1. The van der Waals surface area contributed by atoms with Gasteiger partial charge in [-0.2, -0.15) is 0 Å². The van der Waals surface area contributed by atoms with Gasteiger partial charge in [-0.3, -0.25) is 14.5 Å². The summed E-state index contributed by atoms with van der Waals surface area (Å²) >= 11 is 0. The number of halogens is 1. The topological polar surface area (TPSA) is 141 Å². The molecule has 34 heavy (non-hydrogen) atoms. The van der Waals surface area contributed by atoms with Crippen molar-refractivity contribution in [2.45, 2.75) is 25.4 Å². The lowest BCUT2D eigenvalue weighted by molar-refractivity contribution is 0.0696. The quantitative estimate of drug-likeness (QED) is 0.375. The van der Waals surface area contributed by atoms with Gasteiger partial charge < -0.3 is 26.5 Å². The van der Waals surface area contributed by atoms with E-state index in [4.69, 9.17) is 5.73 Å². The van der Waals surface area contributed by atoms with Gasteiger partial charge in [0.25, 0.3) is 11.5 Å². The second-order valence-corrected chi connectivity index (χ2v) is 8.45. The molecular formula is C24H26FN5O4. The van der Waals surface area contributed by atoms with Gasteiger partial charge in [0.05, 0.1) is 16.8 Å². The van der Waals surface area contributed by atoms with E-state index in [0.717, 1.165) is 19.4 Å².